The Morgan fingerprint density at radius 2 is 2.03 bits per heavy atom. The van der Waals surface area contributed by atoms with E-state index in [9.17, 15) is 13.5 Å². The Hall–Kier alpha value is -3.22. The summed E-state index contributed by atoms with van der Waals surface area (Å²) in [5, 5.41) is 20.2. The average Bonchev–Trinajstić information content (AvgIpc) is 3.50. The van der Waals surface area contributed by atoms with E-state index in [2.05, 4.69) is 16.0 Å². The maximum atomic E-state index is 13.2. The number of fused-ring (bicyclic) bond motifs is 3. The van der Waals surface area contributed by atoms with Crippen molar-refractivity contribution in [3.63, 3.8) is 0 Å². The van der Waals surface area contributed by atoms with Crippen LogP contribution in [0, 0.1) is 17.2 Å². The Balaban J connectivity index is 1.72. The molecule has 3 aromatic heterocycles. The number of hydrogen-bond acceptors (Lipinski definition) is 6. The van der Waals surface area contributed by atoms with E-state index in [0.29, 0.717) is 34.7 Å². The van der Waals surface area contributed by atoms with Crippen molar-refractivity contribution in [2.75, 3.05) is 0 Å². The number of imidazole rings is 1. The number of nitriles is 1. The van der Waals surface area contributed by atoms with Crippen molar-refractivity contribution in [3.05, 3.63) is 54.6 Å². The summed E-state index contributed by atoms with van der Waals surface area (Å²) in [7, 11) is -3.81. The molecule has 0 amide bonds. The largest absolute Gasteiger partial charge is 0.385 e. The molecule has 0 radical (unpaired) electrons. The van der Waals surface area contributed by atoms with Gasteiger partial charge in [-0.25, -0.2) is 22.4 Å². The van der Waals surface area contributed by atoms with Crippen molar-refractivity contribution in [2.24, 2.45) is 5.92 Å². The molecular weight excluding hydrogens is 426 g/mol. The molecule has 5 rings (SSSR count). The quantitative estimate of drug-likeness (QED) is 0.494. The molecule has 1 aliphatic carbocycles. The van der Waals surface area contributed by atoms with Gasteiger partial charge in [0.05, 0.1) is 22.7 Å². The predicted molar refractivity (Wildman–Crippen MR) is 119 cm³/mol. The number of pyridine rings is 1. The summed E-state index contributed by atoms with van der Waals surface area (Å²) in [6, 6.07) is 12.4. The minimum atomic E-state index is -3.81. The van der Waals surface area contributed by atoms with Crippen molar-refractivity contribution in [2.45, 2.75) is 49.6 Å². The first-order valence-corrected chi connectivity index (χ1v) is 12.1. The normalized spacial score (nSPS) is 20.0. The maximum absolute atomic E-state index is 13.2. The molecule has 8 nitrogen and oxygen atoms in total. The highest BCUT2D eigenvalue weighted by atomic mass is 32.2. The molecule has 0 bridgehead atoms. The predicted octanol–water partition coefficient (Wildman–Crippen LogP) is 3.93. The Labute approximate surface area is 185 Å². The van der Waals surface area contributed by atoms with E-state index in [1.54, 1.807) is 49.5 Å². The van der Waals surface area contributed by atoms with Crippen LogP contribution in [0.25, 0.3) is 22.1 Å². The highest BCUT2D eigenvalue weighted by molar-refractivity contribution is 7.90. The van der Waals surface area contributed by atoms with Crippen LogP contribution in [0.15, 0.2) is 53.7 Å². The third-order valence-electron chi connectivity index (χ3n) is 6.29. The topological polar surface area (TPSA) is 114 Å². The fourth-order valence-electron chi connectivity index (χ4n) is 4.83. The smallest absolute Gasteiger partial charge is 0.269 e. The number of hydrogen-bond donors (Lipinski definition) is 1. The lowest BCUT2D eigenvalue weighted by atomic mass is 10.0. The first kappa shape index (κ1) is 20.7. The highest BCUT2D eigenvalue weighted by Crippen LogP contribution is 2.41. The first-order valence-electron chi connectivity index (χ1n) is 10.7. The minimum Gasteiger partial charge on any atom is -0.385 e. The summed E-state index contributed by atoms with van der Waals surface area (Å²) in [4.78, 5) is 9.25. The van der Waals surface area contributed by atoms with Crippen LogP contribution in [0.3, 0.4) is 0 Å². The van der Waals surface area contributed by atoms with Crippen LogP contribution in [-0.4, -0.2) is 32.0 Å². The number of aliphatic hydroxyl groups excluding tert-OH is 1. The molecule has 164 valence electrons. The Morgan fingerprint density at radius 1 is 1.25 bits per heavy atom. The lowest BCUT2D eigenvalue weighted by Gasteiger charge is -2.18. The number of nitrogens with zero attached hydrogens (tertiary/aromatic N) is 5. The average molecular weight is 450 g/mol. The van der Waals surface area contributed by atoms with Gasteiger partial charge in [0.25, 0.3) is 10.0 Å². The number of benzene rings is 1. The van der Waals surface area contributed by atoms with Crippen LogP contribution in [0.4, 0.5) is 0 Å². The Morgan fingerprint density at radius 3 is 2.75 bits per heavy atom. The molecule has 0 aliphatic heterocycles. The van der Waals surface area contributed by atoms with Gasteiger partial charge in [-0.15, -0.1) is 0 Å². The van der Waals surface area contributed by atoms with Crippen LogP contribution < -0.4 is 0 Å². The van der Waals surface area contributed by atoms with Crippen LogP contribution in [-0.2, 0) is 10.0 Å². The van der Waals surface area contributed by atoms with Crippen LogP contribution in [0.2, 0.25) is 0 Å². The summed E-state index contributed by atoms with van der Waals surface area (Å²) >= 11 is 0. The molecule has 1 aliphatic rings. The monoisotopic (exact) mass is 449 g/mol. The number of rotatable bonds is 5. The summed E-state index contributed by atoms with van der Waals surface area (Å²) in [6.07, 6.45) is 5.45. The molecular formula is C23H23N5O3S. The fraction of sp³-hybridized carbons (Fsp3) is 0.348. The van der Waals surface area contributed by atoms with Crippen molar-refractivity contribution in [1.29, 1.82) is 5.26 Å². The van der Waals surface area contributed by atoms with Crippen molar-refractivity contribution in [3.8, 4) is 6.07 Å². The third-order valence-corrected chi connectivity index (χ3v) is 7.97. The summed E-state index contributed by atoms with van der Waals surface area (Å²) < 4.78 is 29.7. The summed E-state index contributed by atoms with van der Waals surface area (Å²) in [5.74, 6) is 0.847. The first-order chi connectivity index (χ1) is 15.4. The van der Waals surface area contributed by atoms with E-state index < -0.39 is 16.1 Å². The van der Waals surface area contributed by atoms with Gasteiger partial charge in [-0.2, -0.15) is 5.26 Å². The number of aliphatic hydroxyl groups is 1. The van der Waals surface area contributed by atoms with E-state index in [4.69, 9.17) is 5.26 Å². The zero-order valence-electron chi connectivity index (χ0n) is 17.6. The SMILES string of the molecule is C[C@@H](O)c1nc2cnc3c(ccn3S(=O)(=O)c3ccccc3)c2n1[C@@H]1CC[C@H](CC#N)C1. The second-order valence-electron chi connectivity index (χ2n) is 8.37. The van der Waals surface area contributed by atoms with E-state index in [1.165, 1.54) is 10.2 Å². The van der Waals surface area contributed by atoms with Gasteiger partial charge in [-0.3, -0.25) is 0 Å². The Kier molecular flexibility index (Phi) is 4.99. The van der Waals surface area contributed by atoms with E-state index >= 15 is 0 Å². The molecule has 4 aromatic rings. The molecule has 3 atom stereocenters. The van der Waals surface area contributed by atoms with Crippen molar-refractivity contribution < 1.29 is 13.5 Å². The molecule has 0 spiro atoms. The lowest BCUT2D eigenvalue weighted by Crippen LogP contribution is -2.13. The highest BCUT2D eigenvalue weighted by Gasteiger charge is 2.31. The van der Waals surface area contributed by atoms with Crippen molar-refractivity contribution in [1.82, 2.24) is 18.5 Å². The molecule has 1 fully saturated rings. The molecule has 9 heteroatoms. The van der Waals surface area contributed by atoms with Gasteiger partial charge in [0.2, 0.25) is 0 Å². The van der Waals surface area contributed by atoms with Gasteiger partial charge >= 0.3 is 0 Å². The zero-order valence-corrected chi connectivity index (χ0v) is 18.4. The molecule has 1 N–H and O–H groups in total. The van der Waals surface area contributed by atoms with E-state index in [-0.39, 0.29) is 10.9 Å². The Bertz CT molecular complexity index is 1450. The fourth-order valence-corrected chi connectivity index (χ4v) is 6.15. The second kappa shape index (κ2) is 7.73. The van der Waals surface area contributed by atoms with Gasteiger partial charge in [0.1, 0.15) is 17.4 Å². The van der Waals surface area contributed by atoms with Gasteiger partial charge in [0.15, 0.2) is 5.65 Å². The molecule has 3 heterocycles. The van der Waals surface area contributed by atoms with Crippen LogP contribution in [0.5, 0.6) is 0 Å². The van der Waals surface area contributed by atoms with Crippen LogP contribution >= 0.6 is 0 Å². The van der Waals surface area contributed by atoms with Gasteiger partial charge < -0.3 is 9.67 Å². The van der Waals surface area contributed by atoms with Crippen molar-refractivity contribution >= 4 is 32.1 Å². The molecule has 0 unspecified atom stereocenters. The van der Waals surface area contributed by atoms with Gasteiger partial charge in [-0.1, -0.05) is 18.2 Å². The number of aromatic nitrogens is 4. The summed E-state index contributed by atoms with van der Waals surface area (Å²) in [6.45, 7) is 1.68. The van der Waals surface area contributed by atoms with Gasteiger partial charge in [0, 0.05) is 24.0 Å². The lowest BCUT2D eigenvalue weighted by molar-refractivity contribution is 0.181. The molecule has 32 heavy (non-hydrogen) atoms. The maximum Gasteiger partial charge on any atom is 0.269 e. The molecule has 0 saturated heterocycles. The molecule has 1 saturated carbocycles. The standard InChI is InChI=1S/C23H23N5O3S/c1-15(29)22-26-20-14-25-23-19(21(20)28(22)17-8-7-16(13-17)9-11-24)10-12-27(23)32(30,31)18-5-3-2-4-6-18/h2-6,10,12,14-17,29H,7-9,13H2,1H3/t15-,16-,17-/m1/s1. The van der Waals surface area contributed by atoms with E-state index in [0.717, 1.165) is 24.8 Å². The third kappa shape index (κ3) is 3.18. The molecule has 1 aromatic carbocycles. The van der Waals surface area contributed by atoms with Crippen LogP contribution in [0.1, 0.15) is 50.6 Å². The minimum absolute atomic E-state index is 0.0858. The van der Waals surface area contributed by atoms with Gasteiger partial charge in [-0.05, 0) is 50.3 Å². The van der Waals surface area contributed by atoms with E-state index in [1.807, 2.05) is 4.57 Å². The summed E-state index contributed by atoms with van der Waals surface area (Å²) in [5.41, 5.74) is 1.72. The zero-order chi connectivity index (χ0) is 22.5. The second-order valence-corrected chi connectivity index (χ2v) is 10.2.